The fourth-order valence-corrected chi connectivity index (χ4v) is 10.8. The molecule has 140 valence electrons. The number of hydrogen-bond donors (Lipinski definition) is 1. The van der Waals surface area contributed by atoms with Crippen LogP contribution in [0.2, 0.25) is 0 Å². The molecule has 9 fully saturated rings. The van der Waals surface area contributed by atoms with Crippen molar-refractivity contribution in [1.82, 2.24) is 4.90 Å². The van der Waals surface area contributed by atoms with Gasteiger partial charge in [0.25, 0.3) is 0 Å². The van der Waals surface area contributed by atoms with Crippen LogP contribution < -0.4 is 0 Å². The summed E-state index contributed by atoms with van der Waals surface area (Å²) in [5.74, 6) is 1.58. The third-order valence-electron chi connectivity index (χ3n) is 10.6. The number of carbonyl (C=O) groups excluding carboxylic acids is 1. The molecule has 0 amide bonds. The van der Waals surface area contributed by atoms with Crippen molar-refractivity contribution in [2.45, 2.75) is 70.2 Å². The van der Waals surface area contributed by atoms with Crippen LogP contribution in [0, 0.1) is 39.9 Å². The lowest BCUT2D eigenvalue weighted by atomic mass is 9.39. The van der Waals surface area contributed by atoms with Crippen molar-refractivity contribution in [3.63, 3.8) is 0 Å². The lowest BCUT2D eigenvalue weighted by Crippen LogP contribution is -2.69. The van der Waals surface area contributed by atoms with E-state index in [9.17, 15) is 9.90 Å². The fourth-order valence-electron chi connectivity index (χ4n) is 10.8. The first-order valence-electron chi connectivity index (χ1n) is 10.7. The Labute approximate surface area is 155 Å². The number of nitrogens with zero attached hydrogens (tertiary/aromatic N) is 1. The van der Waals surface area contributed by atoms with Crippen LogP contribution in [0.4, 0.5) is 0 Å². The summed E-state index contributed by atoms with van der Waals surface area (Å²) in [4.78, 5) is 14.8. The average molecular weight is 355 g/mol. The Bertz CT molecular complexity index is 779. The number of carbonyl (C=O) groups is 1. The van der Waals surface area contributed by atoms with Crippen LogP contribution in [-0.4, -0.2) is 46.8 Å². The number of aliphatic hydroxyl groups is 1. The third-order valence-corrected chi connectivity index (χ3v) is 10.6. The van der Waals surface area contributed by atoms with E-state index >= 15 is 0 Å². The Hall–Kier alpha value is -0.870. The van der Waals surface area contributed by atoms with Gasteiger partial charge in [-0.25, -0.2) is 0 Å². The van der Waals surface area contributed by atoms with Gasteiger partial charge in [-0.2, -0.15) is 0 Å². The summed E-state index contributed by atoms with van der Waals surface area (Å²) in [6, 6.07) is 1.26. The molecule has 4 nitrogen and oxygen atoms in total. The highest BCUT2D eigenvalue weighted by Crippen LogP contribution is 2.87. The third kappa shape index (κ3) is 1.15. The number of hydrogen-bond acceptors (Lipinski definition) is 4. The largest absolute Gasteiger partial charge is 0.457 e. The number of rotatable bonds is 1. The lowest BCUT2D eigenvalue weighted by Gasteiger charge is -2.66. The molecule has 0 radical (unpaired) electrons. The quantitative estimate of drug-likeness (QED) is 0.579. The maximum absolute atomic E-state index is 12.0. The van der Waals surface area contributed by atoms with Crippen LogP contribution in [0.1, 0.15) is 46.0 Å². The number of aliphatic hydroxyl groups excluding tert-OH is 1. The van der Waals surface area contributed by atoms with Gasteiger partial charge in [0.05, 0.1) is 6.10 Å². The average Bonchev–Trinajstić information content (AvgIpc) is 2.99. The van der Waals surface area contributed by atoms with Crippen molar-refractivity contribution in [2.24, 2.45) is 39.9 Å². The molecule has 3 heterocycles. The molecule has 12 atom stereocenters. The number of piperidine rings is 2. The van der Waals surface area contributed by atoms with E-state index in [-0.39, 0.29) is 34.9 Å². The molecule has 1 N–H and O–H groups in total. The van der Waals surface area contributed by atoms with E-state index in [1.807, 2.05) is 0 Å². The van der Waals surface area contributed by atoms with E-state index in [0.29, 0.717) is 29.3 Å². The molecule has 9 bridgehead atoms. The van der Waals surface area contributed by atoms with Crippen molar-refractivity contribution < 1.29 is 14.6 Å². The van der Waals surface area contributed by atoms with Gasteiger partial charge < -0.3 is 9.84 Å². The van der Waals surface area contributed by atoms with Gasteiger partial charge in [0.2, 0.25) is 0 Å². The van der Waals surface area contributed by atoms with Crippen LogP contribution in [0.5, 0.6) is 0 Å². The van der Waals surface area contributed by atoms with Gasteiger partial charge in [-0.15, -0.1) is 0 Å². The van der Waals surface area contributed by atoms with E-state index < -0.39 is 0 Å². The minimum absolute atomic E-state index is 0.0398. The summed E-state index contributed by atoms with van der Waals surface area (Å²) in [6.07, 6.45) is 5.67. The first-order chi connectivity index (χ1) is 12.4. The highest BCUT2D eigenvalue weighted by molar-refractivity contribution is 5.67. The normalized spacial score (nSPS) is 68.0. The highest BCUT2D eigenvalue weighted by atomic mass is 16.5. The van der Waals surface area contributed by atoms with Gasteiger partial charge in [-0.1, -0.05) is 19.9 Å². The predicted molar refractivity (Wildman–Crippen MR) is 95.0 cm³/mol. The van der Waals surface area contributed by atoms with E-state index in [0.717, 1.165) is 24.3 Å². The van der Waals surface area contributed by atoms with Gasteiger partial charge in [0.1, 0.15) is 6.10 Å². The van der Waals surface area contributed by atoms with Crippen LogP contribution in [-0.2, 0) is 9.53 Å². The molecule has 3 unspecified atom stereocenters. The van der Waals surface area contributed by atoms with Crippen molar-refractivity contribution in [2.75, 3.05) is 6.54 Å². The summed E-state index contributed by atoms with van der Waals surface area (Å²) in [7, 11) is 0. The van der Waals surface area contributed by atoms with E-state index in [1.54, 1.807) is 0 Å². The molecule has 4 heteroatoms. The topological polar surface area (TPSA) is 49.8 Å². The Morgan fingerprint density at radius 2 is 2.12 bits per heavy atom. The Kier molecular flexibility index (Phi) is 2.30. The zero-order chi connectivity index (χ0) is 17.8. The molecule has 9 rings (SSSR count). The molecule has 6 aliphatic carbocycles. The minimum Gasteiger partial charge on any atom is -0.457 e. The van der Waals surface area contributed by atoms with Crippen molar-refractivity contribution in [1.29, 1.82) is 0 Å². The van der Waals surface area contributed by atoms with Crippen LogP contribution in [0.3, 0.4) is 0 Å². The molecular formula is C22H29NO3. The molecule has 3 aliphatic heterocycles. The van der Waals surface area contributed by atoms with Gasteiger partial charge in [-0.05, 0) is 53.9 Å². The highest BCUT2D eigenvalue weighted by Gasteiger charge is 2.90. The van der Waals surface area contributed by atoms with Gasteiger partial charge >= 0.3 is 5.97 Å². The predicted octanol–water partition coefficient (Wildman–Crippen LogP) is 2.36. The summed E-state index contributed by atoms with van der Waals surface area (Å²) >= 11 is 0. The van der Waals surface area contributed by atoms with Gasteiger partial charge in [-0.3, -0.25) is 9.69 Å². The summed E-state index contributed by atoms with van der Waals surface area (Å²) < 4.78 is 5.99. The molecule has 3 saturated heterocycles. The zero-order valence-electron chi connectivity index (χ0n) is 15.8. The second-order valence-corrected chi connectivity index (χ2v) is 11.1. The molecule has 0 aromatic heterocycles. The van der Waals surface area contributed by atoms with Crippen molar-refractivity contribution >= 4 is 5.97 Å². The Morgan fingerprint density at radius 1 is 1.31 bits per heavy atom. The maximum Gasteiger partial charge on any atom is 0.303 e. The number of ether oxygens (including phenoxy) is 1. The van der Waals surface area contributed by atoms with Crippen molar-refractivity contribution in [3.05, 3.63) is 12.2 Å². The number of esters is 1. The fraction of sp³-hybridized carbons (Fsp3) is 0.864. The maximum atomic E-state index is 12.0. The second-order valence-electron chi connectivity index (χ2n) is 11.1. The molecular weight excluding hydrogens is 326 g/mol. The van der Waals surface area contributed by atoms with E-state index in [2.05, 4.69) is 18.4 Å². The molecule has 0 aromatic carbocycles. The first kappa shape index (κ1) is 15.1. The first-order valence-corrected chi connectivity index (χ1v) is 10.7. The summed E-state index contributed by atoms with van der Waals surface area (Å²) in [5.41, 5.74) is 1.68. The monoisotopic (exact) mass is 355 g/mol. The minimum atomic E-state index is -0.278. The van der Waals surface area contributed by atoms with Crippen LogP contribution >= 0.6 is 0 Å². The van der Waals surface area contributed by atoms with Crippen LogP contribution in [0.15, 0.2) is 12.2 Å². The smallest absolute Gasteiger partial charge is 0.303 e. The number of fused-ring (bicyclic) bond motifs is 1. The van der Waals surface area contributed by atoms with E-state index in [4.69, 9.17) is 4.74 Å². The van der Waals surface area contributed by atoms with Crippen LogP contribution in [0.25, 0.3) is 0 Å². The molecule has 0 aromatic rings. The van der Waals surface area contributed by atoms with Gasteiger partial charge in [0, 0.05) is 42.8 Å². The lowest BCUT2D eigenvalue weighted by molar-refractivity contribution is -0.223. The SMILES string of the molecule is C=C1[C@H]2CC3C4N5C[C@@]6(C)CCC[C@]47[C@H]([C@H]2O)[C@]3(C[C@H]5[C@H]67)[C@@H]1OC(C)=O. The van der Waals surface area contributed by atoms with Gasteiger partial charge in [0.15, 0.2) is 0 Å². The Balaban J connectivity index is 1.48. The Morgan fingerprint density at radius 3 is 2.88 bits per heavy atom. The molecule has 2 spiro atoms. The zero-order valence-corrected chi connectivity index (χ0v) is 15.8. The summed E-state index contributed by atoms with van der Waals surface area (Å²) in [6.45, 7) is 9.67. The molecule has 9 aliphatic rings. The standard InChI is InChI=1S/C22H29NO3/c1-10-12-7-13-18-21-6-4-5-20(3)9-23(18)14(16(20)21)8-22(13,17(21)15(12)25)19(10)26-11(2)24/h12-19,25H,1,4-9H2,2-3H3/t12-,13?,14+,15+,16-,17+,18?,19-,20-,21+,22-/m1/s1. The molecule has 6 saturated carbocycles. The molecule has 26 heavy (non-hydrogen) atoms. The van der Waals surface area contributed by atoms with Crippen molar-refractivity contribution in [3.8, 4) is 0 Å². The van der Waals surface area contributed by atoms with E-state index in [1.165, 1.54) is 32.7 Å². The summed E-state index contributed by atoms with van der Waals surface area (Å²) in [5, 5.41) is 11.5. The second kappa shape index (κ2) is 3.96.